The zero-order valence-corrected chi connectivity index (χ0v) is 18.5. The van der Waals surface area contributed by atoms with Gasteiger partial charge in [-0.2, -0.15) is 0 Å². The van der Waals surface area contributed by atoms with E-state index in [2.05, 4.69) is 18.9 Å². The molecular formula is C25H47NO. The summed E-state index contributed by atoms with van der Waals surface area (Å²) in [4.78, 5) is 15.2. The Morgan fingerprint density at radius 2 is 1.19 bits per heavy atom. The number of unbranched alkanes of at least 4 members (excludes halogenated alkanes) is 12. The molecule has 2 aliphatic rings. The molecule has 2 aliphatic heterocycles. The van der Waals surface area contributed by atoms with E-state index in [1.165, 1.54) is 96.3 Å². The number of hydrogen-bond acceptors (Lipinski definition) is 2. The van der Waals surface area contributed by atoms with Crippen molar-refractivity contribution in [2.45, 2.75) is 141 Å². The molecule has 2 fully saturated rings. The number of ketones is 1. The second-order valence-corrected chi connectivity index (χ2v) is 9.53. The van der Waals surface area contributed by atoms with Crippen LogP contribution < -0.4 is 0 Å². The highest BCUT2D eigenvalue weighted by atomic mass is 16.1. The average molecular weight is 378 g/mol. The first-order chi connectivity index (χ1) is 13.2. The lowest BCUT2D eigenvalue weighted by Gasteiger charge is -2.46. The zero-order valence-electron chi connectivity index (χ0n) is 18.5. The van der Waals surface area contributed by atoms with Gasteiger partial charge in [0.2, 0.25) is 0 Å². The summed E-state index contributed by atoms with van der Waals surface area (Å²) in [5, 5.41) is 0. The first-order valence-corrected chi connectivity index (χ1v) is 12.5. The van der Waals surface area contributed by atoms with Crippen molar-refractivity contribution in [3.63, 3.8) is 0 Å². The number of carbonyl (C=O) groups is 1. The van der Waals surface area contributed by atoms with Gasteiger partial charge in [-0.3, -0.25) is 4.79 Å². The van der Waals surface area contributed by atoms with E-state index in [4.69, 9.17) is 0 Å². The monoisotopic (exact) mass is 377 g/mol. The van der Waals surface area contributed by atoms with E-state index < -0.39 is 0 Å². The van der Waals surface area contributed by atoms with Gasteiger partial charge in [0.1, 0.15) is 5.78 Å². The molecule has 2 rings (SSSR count). The van der Waals surface area contributed by atoms with Crippen LogP contribution in [0, 0.1) is 5.92 Å². The molecule has 0 aliphatic carbocycles. The summed E-state index contributed by atoms with van der Waals surface area (Å²) < 4.78 is 0. The number of piperidine rings is 2. The second-order valence-electron chi connectivity index (χ2n) is 9.53. The van der Waals surface area contributed by atoms with E-state index in [0.717, 1.165) is 25.7 Å². The van der Waals surface area contributed by atoms with Crippen molar-refractivity contribution in [2.75, 3.05) is 7.05 Å². The predicted octanol–water partition coefficient (Wildman–Crippen LogP) is 7.30. The number of carbonyl (C=O) groups excluding carboxylic acids is 1. The van der Waals surface area contributed by atoms with Crippen LogP contribution in [0.15, 0.2) is 0 Å². The SMILES string of the molecule is CCCCCCCCCCCCCCCC(=O)C1CC2CCCC(C1)N2C. The van der Waals surface area contributed by atoms with Crippen LogP contribution in [0.5, 0.6) is 0 Å². The van der Waals surface area contributed by atoms with Crippen molar-refractivity contribution in [3.05, 3.63) is 0 Å². The molecule has 2 bridgehead atoms. The Labute approximate surface area is 169 Å². The lowest BCUT2D eigenvalue weighted by Crippen LogP contribution is -2.51. The molecule has 0 amide bonds. The Balaban J connectivity index is 1.39. The largest absolute Gasteiger partial charge is 0.300 e. The molecule has 0 aromatic rings. The summed E-state index contributed by atoms with van der Waals surface area (Å²) in [5.74, 6) is 0.969. The van der Waals surface area contributed by atoms with Crippen LogP contribution in [0.2, 0.25) is 0 Å². The fraction of sp³-hybridized carbons (Fsp3) is 0.960. The summed E-state index contributed by atoms with van der Waals surface area (Å²) in [5.41, 5.74) is 0. The van der Waals surface area contributed by atoms with Crippen molar-refractivity contribution in [2.24, 2.45) is 5.92 Å². The van der Waals surface area contributed by atoms with Gasteiger partial charge in [-0.1, -0.05) is 90.4 Å². The van der Waals surface area contributed by atoms with Crippen LogP contribution in [-0.4, -0.2) is 29.8 Å². The van der Waals surface area contributed by atoms with Crippen molar-refractivity contribution in [1.29, 1.82) is 0 Å². The minimum Gasteiger partial charge on any atom is -0.300 e. The smallest absolute Gasteiger partial charge is 0.136 e. The highest BCUT2D eigenvalue weighted by Crippen LogP contribution is 2.36. The fourth-order valence-electron chi connectivity index (χ4n) is 5.40. The van der Waals surface area contributed by atoms with Gasteiger partial charge >= 0.3 is 0 Å². The highest BCUT2D eigenvalue weighted by molar-refractivity contribution is 5.81. The summed E-state index contributed by atoms with van der Waals surface area (Å²) in [6.45, 7) is 2.29. The van der Waals surface area contributed by atoms with E-state index >= 15 is 0 Å². The highest BCUT2D eigenvalue weighted by Gasteiger charge is 2.38. The lowest BCUT2D eigenvalue weighted by atomic mass is 9.76. The standard InChI is InChI=1S/C25H47NO/c1-3-4-5-6-7-8-9-10-11-12-13-14-15-19-25(27)22-20-23-17-16-18-24(21-22)26(23)2/h22-24H,3-21H2,1-2H3. The first-order valence-electron chi connectivity index (χ1n) is 12.5. The van der Waals surface area contributed by atoms with Crippen LogP contribution in [0.1, 0.15) is 129 Å². The molecule has 2 heteroatoms. The van der Waals surface area contributed by atoms with Gasteiger partial charge < -0.3 is 4.90 Å². The molecular weight excluding hydrogens is 330 g/mol. The molecule has 2 saturated heterocycles. The Morgan fingerprint density at radius 1 is 0.741 bits per heavy atom. The van der Waals surface area contributed by atoms with Gasteiger partial charge in [0, 0.05) is 24.4 Å². The number of rotatable bonds is 15. The van der Waals surface area contributed by atoms with E-state index in [1.54, 1.807) is 0 Å². The normalized spacial score (nSPS) is 25.6. The summed E-state index contributed by atoms with van der Waals surface area (Å²) in [6.07, 6.45) is 25.1. The molecule has 2 unspecified atom stereocenters. The van der Waals surface area contributed by atoms with Crippen LogP contribution in [0.25, 0.3) is 0 Å². The average Bonchev–Trinajstić information content (AvgIpc) is 2.65. The number of fused-ring (bicyclic) bond motifs is 2. The van der Waals surface area contributed by atoms with Gasteiger partial charge in [-0.05, 0) is 39.2 Å². The fourth-order valence-corrected chi connectivity index (χ4v) is 5.40. The molecule has 0 saturated carbocycles. The van der Waals surface area contributed by atoms with Crippen molar-refractivity contribution in [3.8, 4) is 0 Å². The molecule has 0 radical (unpaired) electrons. The number of nitrogens with zero attached hydrogens (tertiary/aromatic N) is 1. The molecule has 0 spiro atoms. The molecule has 27 heavy (non-hydrogen) atoms. The Morgan fingerprint density at radius 3 is 1.67 bits per heavy atom. The van der Waals surface area contributed by atoms with Crippen LogP contribution >= 0.6 is 0 Å². The molecule has 0 aromatic carbocycles. The topological polar surface area (TPSA) is 20.3 Å². The van der Waals surface area contributed by atoms with E-state index in [-0.39, 0.29) is 0 Å². The van der Waals surface area contributed by atoms with Crippen molar-refractivity contribution < 1.29 is 4.79 Å². The number of hydrogen-bond donors (Lipinski definition) is 0. The third-order valence-corrected chi connectivity index (χ3v) is 7.32. The van der Waals surface area contributed by atoms with E-state index in [0.29, 0.717) is 23.8 Å². The molecule has 2 atom stereocenters. The zero-order chi connectivity index (χ0) is 19.3. The predicted molar refractivity (Wildman–Crippen MR) is 117 cm³/mol. The Hall–Kier alpha value is -0.370. The van der Waals surface area contributed by atoms with E-state index in [9.17, 15) is 4.79 Å². The Bertz CT molecular complexity index is 380. The second kappa shape index (κ2) is 13.7. The van der Waals surface area contributed by atoms with Gasteiger partial charge in [0.25, 0.3) is 0 Å². The summed E-state index contributed by atoms with van der Waals surface area (Å²) in [7, 11) is 2.28. The van der Waals surface area contributed by atoms with Crippen molar-refractivity contribution >= 4 is 5.78 Å². The van der Waals surface area contributed by atoms with Gasteiger partial charge in [0.05, 0.1) is 0 Å². The minimum absolute atomic E-state index is 0.383. The molecule has 0 N–H and O–H groups in total. The third-order valence-electron chi connectivity index (χ3n) is 7.32. The van der Waals surface area contributed by atoms with Crippen LogP contribution in [-0.2, 0) is 4.79 Å². The minimum atomic E-state index is 0.383. The van der Waals surface area contributed by atoms with Gasteiger partial charge in [0.15, 0.2) is 0 Å². The van der Waals surface area contributed by atoms with Crippen LogP contribution in [0.3, 0.4) is 0 Å². The van der Waals surface area contributed by atoms with Gasteiger partial charge in [-0.15, -0.1) is 0 Å². The Kier molecular flexibility index (Phi) is 11.7. The lowest BCUT2D eigenvalue weighted by molar-refractivity contribution is -0.126. The van der Waals surface area contributed by atoms with Gasteiger partial charge in [-0.25, -0.2) is 0 Å². The molecule has 2 heterocycles. The molecule has 0 aromatic heterocycles. The maximum absolute atomic E-state index is 12.6. The molecule has 158 valence electrons. The van der Waals surface area contributed by atoms with Crippen molar-refractivity contribution in [1.82, 2.24) is 4.90 Å². The van der Waals surface area contributed by atoms with Crippen LogP contribution in [0.4, 0.5) is 0 Å². The summed E-state index contributed by atoms with van der Waals surface area (Å²) >= 11 is 0. The summed E-state index contributed by atoms with van der Waals surface area (Å²) in [6, 6.07) is 1.39. The quantitative estimate of drug-likeness (QED) is 0.279. The maximum Gasteiger partial charge on any atom is 0.136 e. The third kappa shape index (κ3) is 8.67. The maximum atomic E-state index is 12.6. The first kappa shape index (κ1) is 22.9. The molecule has 2 nitrogen and oxygen atoms in total. The number of Topliss-reactive ketones (excluding diaryl/α,β-unsaturated/α-hetero) is 1. The van der Waals surface area contributed by atoms with E-state index in [1.807, 2.05) is 0 Å².